The average Bonchev–Trinajstić information content (AvgIpc) is 3.01. The van der Waals surface area contributed by atoms with E-state index in [1.165, 1.54) is 5.39 Å². The number of pyridine rings is 2. The van der Waals surface area contributed by atoms with Crippen LogP contribution >= 0.6 is 0 Å². The first kappa shape index (κ1) is 12.4. The molecule has 3 heterocycles. The maximum absolute atomic E-state index is 6.18. The first-order valence-electron chi connectivity index (χ1n) is 7.51. The van der Waals surface area contributed by atoms with Crippen molar-refractivity contribution in [3.63, 3.8) is 0 Å². The fourth-order valence-electron chi connectivity index (χ4n) is 3.18. The lowest BCUT2D eigenvalue weighted by atomic mass is 10.0. The molecule has 0 aliphatic heterocycles. The second-order valence-electron chi connectivity index (χ2n) is 5.53. The Morgan fingerprint density at radius 3 is 2.70 bits per heavy atom. The maximum atomic E-state index is 6.18. The van der Waals surface area contributed by atoms with Gasteiger partial charge in [0.25, 0.3) is 0 Å². The van der Waals surface area contributed by atoms with E-state index in [-0.39, 0.29) is 0 Å². The highest BCUT2D eigenvalue weighted by molar-refractivity contribution is 6.20. The maximum Gasteiger partial charge on any atom is 0.144 e. The van der Waals surface area contributed by atoms with Gasteiger partial charge in [-0.05, 0) is 35.7 Å². The van der Waals surface area contributed by atoms with Crippen LogP contribution in [0, 0.1) is 0 Å². The normalized spacial score (nSPS) is 11.5. The van der Waals surface area contributed by atoms with E-state index in [4.69, 9.17) is 4.42 Å². The zero-order valence-corrected chi connectivity index (χ0v) is 12.2. The molecule has 0 fully saturated rings. The van der Waals surface area contributed by atoms with Crippen LogP contribution in [0.5, 0.6) is 0 Å². The average molecular weight is 296 g/mol. The summed E-state index contributed by atoms with van der Waals surface area (Å²) in [6.45, 7) is 0. The Hall–Kier alpha value is -3.20. The van der Waals surface area contributed by atoms with Crippen molar-refractivity contribution in [1.29, 1.82) is 0 Å². The van der Waals surface area contributed by atoms with Crippen molar-refractivity contribution >= 4 is 32.7 Å². The lowest BCUT2D eigenvalue weighted by Crippen LogP contribution is -1.82. The lowest BCUT2D eigenvalue weighted by Gasteiger charge is -2.01. The fraction of sp³-hybridized carbons (Fsp3) is 0. The van der Waals surface area contributed by atoms with Crippen molar-refractivity contribution in [3.8, 4) is 11.3 Å². The second kappa shape index (κ2) is 4.65. The van der Waals surface area contributed by atoms with Gasteiger partial charge in [0.05, 0.1) is 5.69 Å². The Kier molecular flexibility index (Phi) is 2.50. The van der Waals surface area contributed by atoms with Crippen molar-refractivity contribution in [1.82, 2.24) is 9.97 Å². The molecular formula is C20H12N2O. The number of aromatic nitrogens is 2. The minimum Gasteiger partial charge on any atom is -0.455 e. The molecule has 0 bridgehead atoms. The summed E-state index contributed by atoms with van der Waals surface area (Å²) in [4.78, 5) is 8.74. The first-order chi connectivity index (χ1) is 11.4. The molecule has 3 heteroatoms. The molecule has 3 nitrogen and oxygen atoms in total. The molecule has 0 saturated heterocycles. The molecule has 0 saturated carbocycles. The van der Waals surface area contributed by atoms with Crippen LogP contribution in [0.3, 0.4) is 0 Å². The highest BCUT2D eigenvalue weighted by Crippen LogP contribution is 2.38. The number of para-hydroxylation sites is 1. The number of nitrogens with zero attached hydrogens (tertiary/aromatic N) is 2. The van der Waals surface area contributed by atoms with Gasteiger partial charge in [0, 0.05) is 40.3 Å². The van der Waals surface area contributed by atoms with Gasteiger partial charge in [0.1, 0.15) is 11.2 Å². The molecule has 108 valence electrons. The van der Waals surface area contributed by atoms with Crippen LogP contribution in [-0.4, -0.2) is 9.97 Å². The molecule has 3 aromatic heterocycles. The van der Waals surface area contributed by atoms with Crippen molar-refractivity contribution in [2.24, 2.45) is 0 Å². The standard InChI is InChI=1S/C20H12N2O/c1-2-10-22-17(6-1)14-4-3-5-15-19-16-12-21-11-9-13(16)7-8-18(19)23-20(14)15/h1-12H. The quantitative estimate of drug-likeness (QED) is 0.427. The Balaban J connectivity index is 1.96. The first-order valence-corrected chi connectivity index (χ1v) is 7.51. The van der Waals surface area contributed by atoms with Crippen molar-refractivity contribution < 1.29 is 4.42 Å². The Morgan fingerprint density at radius 2 is 1.78 bits per heavy atom. The SMILES string of the molecule is c1ccc(-c2cccc3c2oc2ccc4ccncc4c23)nc1. The number of hydrogen-bond acceptors (Lipinski definition) is 3. The van der Waals surface area contributed by atoms with E-state index < -0.39 is 0 Å². The summed E-state index contributed by atoms with van der Waals surface area (Å²) in [5.41, 5.74) is 3.68. The van der Waals surface area contributed by atoms with Crippen LogP contribution in [0.25, 0.3) is 44.0 Å². The van der Waals surface area contributed by atoms with Gasteiger partial charge in [0.15, 0.2) is 0 Å². The molecule has 0 spiro atoms. The molecular weight excluding hydrogens is 284 g/mol. The Labute approximate surface area is 132 Å². The molecule has 5 aromatic rings. The van der Waals surface area contributed by atoms with E-state index >= 15 is 0 Å². The van der Waals surface area contributed by atoms with Crippen LogP contribution in [-0.2, 0) is 0 Å². The summed E-state index contributed by atoms with van der Waals surface area (Å²) < 4.78 is 6.18. The van der Waals surface area contributed by atoms with Crippen LogP contribution in [0.1, 0.15) is 0 Å². The molecule has 0 aliphatic carbocycles. The van der Waals surface area contributed by atoms with E-state index in [0.29, 0.717) is 0 Å². The third-order valence-electron chi connectivity index (χ3n) is 4.22. The van der Waals surface area contributed by atoms with E-state index in [1.54, 1.807) is 6.20 Å². The molecule has 2 aromatic carbocycles. The predicted octanol–water partition coefficient (Wildman–Crippen LogP) is 5.20. The number of rotatable bonds is 1. The largest absolute Gasteiger partial charge is 0.455 e. The minimum absolute atomic E-state index is 0.873. The molecule has 23 heavy (non-hydrogen) atoms. The second-order valence-corrected chi connectivity index (χ2v) is 5.53. The summed E-state index contributed by atoms with van der Waals surface area (Å²) >= 11 is 0. The molecule has 0 N–H and O–H groups in total. The molecule has 0 amide bonds. The van der Waals surface area contributed by atoms with Crippen LogP contribution < -0.4 is 0 Å². The van der Waals surface area contributed by atoms with Gasteiger partial charge in [-0.3, -0.25) is 9.97 Å². The van der Waals surface area contributed by atoms with Gasteiger partial charge in [0.2, 0.25) is 0 Å². The van der Waals surface area contributed by atoms with Crippen molar-refractivity contribution in [2.75, 3.05) is 0 Å². The van der Waals surface area contributed by atoms with E-state index in [2.05, 4.69) is 28.2 Å². The monoisotopic (exact) mass is 296 g/mol. The molecule has 0 atom stereocenters. The summed E-state index contributed by atoms with van der Waals surface area (Å²) in [5, 5.41) is 4.49. The van der Waals surface area contributed by atoms with Crippen LogP contribution in [0.4, 0.5) is 0 Å². The number of benzene rings is 2. The highest BCUT2D eigenvalue weighted by Gasteiger charge is 2.14. The molecule has 0 unspecified atom stereocenters. The zero-order chi connectivity index (χ0) is 15.2. The highest BCUT2D eigenvalue weighted by atomic mass is 16.3. The van der Waals surface area contributed by atoms with Gasteiger partial charge in [-0.2, -0.15) is 0 Å². The number of fused-ring (bicyclic) bond motifs is 5. The van der Waals surface area contributed by atoms with E-state index in [0.717, 1.165) is 38.6 Å². The third-order valence-corrected chi connectivity index (χ3v) is 4.22. The van der Waals surface area contributed by atoms with Gasteiger partial charge < -0.3 is 4.42 Å². The summed E-state index contributed by atoms with van der Waals surface area (Å²) in [6, 6.07) is 18.2. The van der Waals surface area contributed by atoms with E-state index in [9.17, 15) is 0 Å². The summed E-state index contributed by atoms with van der Waals surface area (Å²) in [7, 11) is 0. The number of hydrogen-bond donors (Lipinski definition) is 0. The molecule has 0 aliphatic rings. The Morgan fingerprint density at radius 1 is 0.783 bits per heavy atom. The summed E-state index contributed by atoms with van der Waals surface area (Å²) in [5.74, 6) is 0. The van der Waals surface area contributed by atoms with Crippen molar-refractivity contribution in [2.45, 2.75) is 0 Å². The van der Waals surface area contributed by atoms with Crippen molar-refractivity contribution in [3.05, 3.63) is 73.2 Å². The van der Waals surface area contributed by atoms with E-state index in [1.807, 2.05) is 48.8 Å². The Bertz CT molecular complexity index is 1160. The fourth-order valence-corrected chi connectivity index (χ4v) is 3.18. The molecule has 5 rings (SSSR count). The van der Waals surface area contributed by atoms with Gasteiger partial charge in [-0.1, -0.05) is 24.3 Å². The van der Waals surface area contributed by atoms with Gasteiger partial charge in [-0.25, -0.2) is 0 Å². The third kappa shape index (κ3) is 1.77. The predicted molar refractivity (Wildman–Crippen MR) is 92.3 cm³/mol. The van der Waals surface area contributed by atoms with Crippen LogP contribution in [0.15, 0.2) is 77.6 Å². The smallest absolute Gasteiger partial charge is 0.144 e. The van der Waals surface area contributed by atoms with Gasteiger partial charge in [-0.15, -0.1) is 0 Å². The van der Waals surface area contributed by atoms with Gasteiger partial charge >= 0.3 is 0 Å². The molecule has 0 radical (unpaired) electrons. The van der Waals surface area contributed by atoms with Crippen LogP contribution in [0.2, 0.25) is 0 Å². The number of furan rings is 1. The minimum atomic E-state index is 0.873. The lowest BCUT2D eigenvalue weighted by molar-refractivity contribution is 0.670. The topological polar surface area (TPSA) is 38.9 Å². The summed E-state index contributed by atoms with van der Waals surface area (Å²) in [6.07, 6.45) is 5.52. The zero-order valence-electron chi connectivity index (χ0n) is 12.2.